The molecular weight excluding hydrogens is 236 g/mol. The zero-order valence-electron chi connectivity index (χ0n) is 11.8. The highest BCUT2D eigenvalue weighted by Gasteiger charge is 2.22. The third-order valence-corrected chi connectivity index (χ3v) is 4.26. The van der Waals surface area contributed by atoms with Crippen LogP contribution in [0.15, 0.2) is 18.2 Å². The number of fused-ring (bicyclic) bond motifs is 1. The number of likely N-dealkylation sites (tertiary alicyclic amines) is 1. The van der Waals surface area contributed by atoms with Gasteiger partial charge in [-0.25, -0.2) is 0 Å². The number of anilines is 1. The number of benzene rings is 1. The van der Waals surface area contributed by atoms with Crippen LogP contribution in [-0.2, 0) is 6.42 Å². The summed E-state index contributed by atoms with van der Waals surface area (Å²) in [6.07, 6.45) is 5.16. The standard InChI is InChI=1S/C16H24N2O/c1-2-18-11-5-6-13(12-18)19-16-9-3-8-15-14(16)7-4-10-17-15/h3,8-9,13,17H,2,4-7,10-12H2,1H3. The van der Waals surface area contributed by atoms with Gasteiger partial charge in [-0.05, 0) is 50.9 Å². The predicted molar refractivity (Wildman–Crippen MR) is 79.0 cm³/mol. The van der Waals surface area contributed by atoms with Crippen molar-refractivity contribution in [1.82, 2.24) is 4.90 Å². The molecule has 3 heteroatoms. The lowest BCUT2D eigenvalue weighted by atomic mass is 10.0. The summed E-state index contributed by atoms with van der Waals surface area (Å²) < 4.78 is 6.30. The highest BCUT2D eigenvalue weighted by atomic mass is 16.5. The molecule has 0 saturated carbocycles. The van der Waals surface area contributed by atoms with Crippen LogP contribution < -0.4 is 10.1 Å². The van der Waals surface area contributed by atoms with Gasteiger partial charge >= 0.3 is 0 Å². The maximum Gasteiger partial charge on any atom is 0.125 e. The summed E-state index contributed by atoms with van der Waals surface area (Å²) in [5.74, 6) is 1.10. The second kappa shape index (κ2) is 5.83. The third kappa shape index (κ3) is 2.86. The van der Waals surface area contributed by atoms with Crippen LogP contribution in [0.2, 0.25) is 0 Å². The highest BCUT2D eigenvalue weighted by Crippen LogP contribution is 2.32. The van der Waals surface area contributed by atoms with Gasteiger partial charge in [0.15, 0.2) is 0 Å². The molecule has 0 bridgehead atoms. The molecule has 0 radical (unpaired) electrons. The van der Waals surface area contributed by atoms with Crippen molar-refractivity contribution in [1.29, 1.82) is 0 Å². The van der Waals surface area contributed by atoms with Crippen molar-refractivity contribution in [3.63, 3.8) is 0 Å². The molecule has 3 rings (SSSR count). The zero-order valence-corrected chi connectivity index (χ0v) is 11.8. The van der Waals surface area contributed by atoms with Gasteiger partial charge < -0.3 is 10.1 Å². The van der Waals surface area contributed by atoms with E-state index in [0.29, 0.717) is 6.10 Å². The fourth-order valence-corrected chi connectivity index (χ4v) is 3.16. The molecule has 19 heavy (non-hydrogen) atoms. The molecule has 0 aliphatic carbocycles. The predicted octanol–water partition coefficient (Wildman–Crippen LogP) is 2.91. The molecule has 3 nitrogen and oxygen atoms in total. The summed E-state index contributed by atoms with van der Waals surface area (Å²) in [5.41, 5.74) is 2.65. The van der Waals surface area contributed by atoms with Crippen molar-refractivity contribution in [2.45, 2.75) is 38.7 Å². The van der Waals surface area contributed by atoms with Crippen LogP contribution in [0.4, 0.5) is 5.69 Å². The van der Waals surface area contributed by atoms with E-state index in [1.807, 2.05) is 0 Å². The van der Waals surface area contributed by atoms with E-state index >= 15 is 0 Å². The van der Waals surface area contributed by atoms with Gasteiger partial charge in [0.25, 0.3) is 0 Å². The van der Waals surface area contributed by atoms with Crippen LogP contribution in [0.3, 0.4) is 0 Å². The van der Waals surface area contributed by atoms with Gasteiger partial charge in [0.1, 0.15) is 11.9 Å². The first-order chi connectivity index (χ1) is 9.36. The number of rotatable bonds is 3. The van der Waals surface area contributed by atoms with E-state index in [4.69, 9.17) is 4.74 Å². The van der Waals surface area contributed by atoms with E-state index in [1.165, 1.54) is 37.1 Å². The normalized spacial score (nSPS) is 23.5. The summed E-state index contributed by atoms with van der Waals surface area (Å²) in [4.78, 5) is 2.49. The summed E-state index contributed by atoms with van der Waals surface area (Å²) in [6, 6.07) is 6.41. The molecule has 1 N–H and O–H groups in total. The number of piperidine rings is 1. The average molecular weight is 260 g/mol. The minimum Gasteiger partial charge on any atom is -0.489 e. The van der Waals surface area contributed by atoms with Crippen LogP contribution in [0.25, 0.3) is 0 Å². The first kappa shape index (κ1) is 12.8. The fraction of sp³-hybridized carbons (Fsp3) is 0.625. The van der Waals surface area contributed by atoms with Crippen molar-refractivity contribution in [3.8, 4) is 5.75 Å². The number of likely N-dealkylation sites (N-methyl/N-ethyl adjacent to an activating group) is 1. The van der Waals surface area contributed by atoms with E-state index in [2.05, 4.69) is 35.3 Å². The number of hydrogen-bond donors (Lipinski definition) is 1. The van der Waals surface area contributed by atoms with E-state index in [0.717, 1.165) is 31.8 Å². The van der Waals surface area contributed by atoms with Crippen LogP contribution in [-0.4, -0.2) is 37.2 Å². The minimum atomic E-state index is 0.363. The lowest BCUT2D eigenvalue weighted by molar-refractivity contribution is 0.0912. The largest absolute Gasteiger partial charge is 0.489 e. The molecule has 1 fully saturated rings. The van der Waals surface area contributed by atoms with Crippen molar-refractivity contribution in [3.05, 3.63) is 23.8 Å². The van der Waals surface area contributed by atoms with Crippen molar-refractivity contribution in [2.24, 2.45) is 0 Å². The van der Waals surface area contributed by atoms with Crippen LogP contribution in [0, 0.1) is 0 Å². The maximum atomic E-state index is 6.30. The molecule has 0 spiro atoms. The summed E-state index contributed by atoms with van der Waals surface area (Å²) in [6.45, 7) is 6.76. The molecule has 2 aliphatic rings. The smallest absolute Gasteiger partial charge is 0.125 e. The Bertz CT molecular complexity index is 433. The Kier molecular flexibility index (Phi) is 3.92. The molecule has 1 saturated heterocycles. The topological polar surface area (TPSA) is 24.5 Å². The van der Waals surface area contributed by atoms with Crippen molar-refractivity contribution < 1.29 is 4.74 Å². The number of nitrogens with one attached hydrogen (secondary N) is 1. The Morgan fingerprint density at radius 1 is 1.37 bits per heavy atom. The van der Waals surface area contributed by atoms with Gasteiger partial charge in [-0.2, -0.15) is 0 Å². The van der Waals surface area contributed by atoms with Gasteiger partial charge in [-0.3, -0.25) is 4.90 Å². The van der Waals surface area contributed by atoms with E-state index in [1.54, 1.807) is 0 Å². The number of hydrogen-bond acceptors (Lipinski definition) is 3. The molecule has 1 aromatic rings. The Labute approximate surface area is 115 Å². The van der Waals surface area contributed by atoms with Crippen molar-refractivity contribution >= 4 is 5.69 Å². The lowest BCUT2D eigenvalue weighted by Gasteiger charge is -2.33. The Morgan fingerprint density at radius 2 is 2.32 bits per heavy atom. The minimum absolute atomic E-state index is 0.363. The first-order valence-corrected chi connectivity index (χ1v) is 7.61. The molecule has 2 aliphatic heterocycles. The maximum absolute atomic E-state index is 6.30. The van der Waals surface area contributed by atoms with E-state index in [-0.39, 0.29) is 0 Å². The second-order valence-electron chi connectivity index (χ2n) is 5.59. The Balaban J connectivity index is 1.72. The molecular formula is C16H24N2O. The summed E-state index contributed by atoms with van der Waals surface area (Å²) >= 11 is 0. The van der Waals surface area contributed by atoms with Gasteiger partial charge in [0.2, 0.25) is 0 Å². The summed E-state index contributed by atoms with van der Waals surface area (Å²) in [7, 11) is 0. The number of nitrogens with zero attached hydrogens (tertiary/aromatic N) is 1. The SMILES string of the molecule is CCN1CCCC(Oc2cccc3c2CCCN3)C1. The van der Waals surface area contributed by atoms with Crippen molar-refractivity contribution in [2.75, 3.05) is 31.5 Å². The Hall–Kier alpha value is -1.22. The molecule has 1 aromatic carbocycles. The van der Waals surface area contributed by atoms with Gasteiger partial charge in [-0.15, -0.1) is 0 Å². The van der Waals surface area contributed by atoms with Gasteiger partial charge in [0, 0.05) is 24.3 Å². The number of ether oxygens (including phenoxy) is 1. The van der Waals surface area contributed by atoms with Crippen LogP contribution >= 0.6 is 0 Å². The van der Waals surface area contributed by atoms with Crippen LogP contribution in [0.1, 0.15) is 31.7 Å². The first-order valence-electron chi connectivity index (χ1n) is 7.61. The van der Waals surface area contributed by atoms with E-state index in [9.17, 15) is 0 Å². The van der Waals surface area contributed by atoms with Gasteiger partial charge in [-0.1, -0.05) is 13.0 Å². The van der Waals surface area contributed by atoms with E-state index < -0.39 is 0 Å². The fourth-order valence-electron chi connectivity index (χ4n) is 3.16. The average Bonchev–Trinajstić information content (AvgIpc) is 2.48. The molecule has 1 unspecified atom stereocenters. The Morgan fingerprint density at radius 3 is 3.21 bits per heavy atom. The zero-order chi connectivity index (χ0) is 13.1. The van der Waals surface area contributed by atoms with Gasteiger partial charge in [0.05, 0.1) is 0 Å². The third-order valence-electron chi connectivity index (χ3n) is 4.26. The molecule has 0 amide bonds. The molecule has 1 atom stereocenters. The highest BCUT2D eigenvalue weighted by molar-refractivity contribution is 5.59. The molecule has 0 aromatic heterocycles. The quantitative estimate of drug-likeness (QED) is 0.904. The molecule has 2 heterocycles. The summed E-state index contributed by atoms with van der Waals surface area (Å²) in [5, 5.41) is 3.47. The monoisotopic (exact) mass is 260 g/mol. The molecule has 104 valence electrons. The second-order valence-corrected chi connectivity index (χ2v) is 5.59. The lowest BCUT2D eigenvalue weighted by Crippen LogP contribution is -2.41. The van der Waals surface area contributed by atoms with Crippen LogP contribution in [0.5, 0.6) is 5.75 Å².